The first-order valence-corrected chi connectivity index (χ1v) is 12.4. The molecular weight excluding hydrogens is 450 g/mol. The maximum atomic E-state index is 11.8. The minimum absolute atomic E-state index is 0.138. The SMILES string of the molecule is CC(C#Cc1cc(-c2ccccc2)n(-c2ccc(S(C)(=O)=O)cc2)n1)SC(=S)N(C)O. The van der Waals surface area contributed by atoms with Crippen molar-refractivity contribution < 1.29 is 13.6 Å². The summed E-state index contributed by atoms with van der Waals surface area (Å²) in [4.78, 5) is 0.250. The third-order valence-electron chi connectivity index (χ3n) is 4.23. The molecule has 2 aromatic carbocycles. The molecule has 0 radical (unpaired) electrons. The highest BCUT2D eigenvalue weighted by atomic mass is 32.2. The van der Waals surface area contributed by atoms with Crippen molar-refractivity contribution >= 4 is 38.1 Å². The first kappa shape index (κ1) is 23.0. The van der Waals surface area contributed by atoms with Crippen LogP contribution < -0.4 is 0 Å². The van der Waals surface area contributed by atoms with Gasteiger partial charge in [-0.05, 0) is 37.1 Å². The van der Waals surface area contributed by atoms with Crippen LogP contribution in [-0.2, 0) is 9.84 Å². The highest BCUT2D eigenvalue weighted by Gasteiger charge is 2.13. The zero-order chi connectivity index (χ0) is 22.6. The van der Waals surface area contributed by atoms with Crippen molar-refractivity contribution in [1.29, 1.82) is 0 Å². The molecule has 0 bridgehead atoms. The van der Waals surface area contributed by atoms with Gasteiger partial charge in [0.05, 0.1) is 21.5 Å². The van der Waals surface area contributed by atoms with Gasteiger partial charge in [-0.25, -0.2) is 18.2 Å². The Bertz CT molecular complexity index is 1240. The van der Waals surface area contributed by atoms with E-state index >= 15 is 0 Å². The molecule has 160 valence electrons. The second-order valence-electron chi connectivity index (χ2n) is 6.78. The zero-order valence-corrected chi connectivity index (χ0v) is 19.6. The topological polar surface area (TPSA) is 75.4 Å². The first-order chi connectivity index (χ1) is 14.6. The monoisotopic (exact) mass is 471 g/mol. The molecule has 1 atom stereocenters. The molecule has 1 unspecified atom stereocenters. The molecule has 0 saturated heterocycles. The van der Waals surface area contributed by atoms with E-state index in [1.165, 1.54) is 25.1 Å². The standard InChI is InChI=1S/C22H21N3O3S3/c1-16(30-22(29)24(2)26)9-10-18-15-21(17-7-5-4-6-8-17)25(23-18)19-11-13-20(14-12-19)31(3,27)28/h4-8,11-16,26H,1-3H3. The fraction of sp³-hybridized carbons (Fsp3) is 0.182. The van der Waals surface area contributed by atoms with E-state index in [-0.39, 0.29) is 10.1 Å². The molecule has 0 spiro atoms. The van der Waals surface area contributed by atoms with Gasteiger partial charge < -0.3 is 0 Å². The van der Waals surface area contributed by atoms with Crippen LogP contribution in [0.3, 0.4) is 0 Å². The first-order valence-electron chi connectivity index (χ1n) is 9.26. The normalized spacial score (nSPS) is 12.0. The average molecular weight is 472 g/mol. The smallest absolute Gasteiger partial charge is 0.175 e. The highest BCUT2D eigenvalue weighted by molar-refractivity contribution is 8.23. The molecule has 31 heavy (non-hydrogen) atoms. The lowest BCUT2D eigenvalue weighted by atomic mass is 10.1. The molecule has 1 heterocycles. The summed E-state index contributed by atoms with van der Waals surface area (Å²) in [6.45, 7) is 1.90. The van der Waals surface area contributed by atoms with Crippen LogP contribution in [0.25, 0.3) is 16.9 Å². The van der Waals surface area contributed by atoms with Crippen molar-refractivity contribution in [3.63, 3.8) is 0 Å². The van der Waals surface area contributed by atoms with Gasteiger partial charge in [0.25, 0.3) is 0 Å². The van der Waals surface area contributed by atoms with Gasteiger partial charge in [-0.3, -0.25) is 5.21 Å². The van der Waals surface area contributed by atoms with E-state index in [0.29, 0.717) is 10.0 Å². The predicted molar refractivity (Wildman–Crippen MR) is 128 cm³/mol. The van der Waals surface area contributed by atoms with Gasteiger partial charge in [-0.2, -0.15) is 5.10 Å². The van der Waals surface area contributed by atoms with Gasteiger partial charge in [-0.1, -0.05) is 60.2 Å². The zero-order valence-electron chi connectivity index (χ0n) is 17.2. The molecule has 3 aromatic rings. The van der Waals surface area contributed by atoms with Gasteiger partial charge in [0.15, 0.2) is 14.2 Å². The number of thioether (sulfide) groups is 1. The van der Waals surface area contributed by atoms with Crippen LogP contribution in [-0.4, -0.2) is 51.3 Å². The highest BCUT2D eigenvalue weighted by Crippen LogP contribution is 2.25. The number of sulfone groups is 1. The average Bonchev–Trinajstić information content (AvgIpc) is 3.16. The van der Waals surface area contributed by atoms with Gasteiger partial charge in [-0.15, -0.1) is 0 Å². The molecule has 1 aromatic heterocycles. The molecule has 3 rings (SSSR count). The lowest BCUT2D eigenvalue weighted by Crippen LogP contribution is -2.18. The van der Waals surface area contributed by atoms with Gasteiger partial charge >= 0.3 is 0 Å². The van der Waals surface area contributed by atoms with Crippen LogP contribution in [0.4, 0.5) is 0 Å². The summed E-state index contributed by atoms with van der Waals surface area (Å²) < 4.78 is 25.6. The summed E-state index contributed by atoms with van der Waals surface area (Å²) in [5.74, 6) is 6.16. The summed E-state index contributed by atoms with van der Waals surface area (Å²) in [7, 11) is -1.81. The summed E-state index contributed by atoms with van der Waals surface area (Å²) in [6, 6.07) is 18.2. The Balaban J connectivity index is 1.99. The third kappa shape index (κ3) is 5.95. The van der Waals surface area contributed by atoms with E-state index < -0.39 is 9.84 Å². The number of hydrogen-bond acceptors (Lipinski definition) is 6. The number of aromatic nitrogens is 2. The van der Waals surface area contributed by atoms with Crippen molar-refractivity contribution in [2.45, 2.75) is 17.1 Å². The lowest BCUT2D eigenvalue weighted by Gasteiger charge is -2.11. The summed E-state index contributed by atoms with van der Waals surface area (Å²) in [6.07, 6.45) is 1.18. The molecule has 0 aliphatic heterocycles. The van der Waals surface area contributed by atoms with Crippen LogP contribution >= 0.6 is 24.0 Å². The van der Waals surface area contributed by atoms with Crippen LogP contribution in [0.2, 0.25) is 0 Å². The Morgan fingerprint density at radius 3 is 2.42 bits per heavy atom. The van der Waals surface area contributed by atoms with Gasteiger partial charge in [0.1, 0.15) is 5.69 Å². The fourth-order valence-electron chi connectivity index (χ4n) is 2.72. The van der Waals surface area contributed by atoms with Crippen LogP contribution in [0.15, 0.2) is 65.6 Å². The second-order valence-corrected chi connectivity index (χ2v) is 10.8. The van der Waals surface area contributed by atoms with Crippen LogP contribution in [0.5, 0.6) is 0 Å². The Morgan fingerprint density at radius 2 is 1.84 bits per heavy atom. The summed E-state index contributed by atoms with van der Waals surface area (Å²) >= 11 is 6.36. The Kier molecular flexibility index (Phi) is 7.18. The van der Waals surface area contributed by atoms with E-state index in [2.05, 4.69) is 16.9 Å². The second kappa shape index (κ2) is 9.66. The minimum atomic E-state index is -3.28. The van der Waals surface area contributed by atoms with E-state index in [1.54, 1.807) is 28.9 Å². The molecule has 9 heteroatoms. The molecule has 0 aliphatic rings. The quantitative estimate of drug-likeness (QED) is 0.350. The number of hydrogen-bond donors (Lipinski definition) is 1. The van der Waals surface area contributed by atoms with Crippen molar-refractivity contribution in [3.05, 3.63) is 66.4 Å². The molecule has 6 nitrogen and oxygen atoms in total. The number of benzene rings is 2. The lowest BCUT2D eigenvalue weighted by molar-refractivity contribution is 0.0205. The van der Waals surface area contributed by atoms with Gasteiger partial charge in [0, 0.05) is 24.9 Å². The summed E-state index contributed by atoms with van der Waals surface area (Å²) in [5.41, 5.74) is 3.09. The van der Waals surface area contributed by atoms with E-state index in [1.807, 2.05) is 43.3 Å². The third-order valence-corrected chi connectivity index (χ3v) is 6.85. The van der Waals surface area contributed by atoms with E-state index in [0.717, 1.165) is 22.0 Å². The van der Waals surface area contributed by atoms with Crippen molar-refractivity contribution in [1.82, 2.24) is 14.8 Å². The van der Waals surface area contributed by atoms with Crippen molar-refractivity contribution in [3.8, 4) is 28.8 Å². The fourth-order valence-corrected chi connectivity index (χ4v) is 4.36. The Morgan fingerprint density at radius 1 is 1.19 bits per heavy atom. The van der Waals surface area contributed by atoms with Crippen LogP contribution in [0, 0.1) is 11.8 Å². The number of thiocarbonyl (C=S) groups is 1. The maximum Gasteiger partial charge on any atom is 0.175 e. The Labute approximate surface area is 191 Å². The molecule has 0 fully saturated rings. The Hall–Kier alpha value is -2.64. The minimum Gasteiger partial charge on any atom is -0.287 e. The number of nitrogens with zero attached hydrogens (tertiary/aromatic N) is 3. The molecule has 0 saturated carbocycles. The molecule has 1 N–H and O–H groups in total. The van der Waals surface area contributed by atoms with E-state index in [4.69, 9.17) is 12.2 Å². The maximum absolute atomic E-state index is 11.8. The molecule has 0 amide bonds. The largest absolute Gasteiger partial charge is 0.287 e. The predicted octanol–water partition coefficient (Wildman–Crippen LogP) is 4.02. The van der Waals surface area contributed by atoms with Crippen molar-refractivity contribution in [2.24, 2.45) is 0 Å². The van der Waals surface area contributed by atoms with Crippen LogP contribution in [0.1, 0.15) is 12.6 Å². The molecule has 0 aliphatic carbocycles. The van der Waals surface area contributed by atoms with Crippen molar-refractivity contribution in [2.75, 3.05) is 13.3 Å². The molecular formula is C22H21N3O3S3. The number of rotatable bonds is 4. The van der Waals surface area contributed by atoms with E-state index in [9.17, 15) is 13.6 Å². The summed E-state index contributed by atoms with van der Waals surface area (Å²) in [5, 5.41) is 14.8. The number of hydroxylamine groups is 2. The van der Waals surface area contributed by atoms with Gasteiger partial charge in [0.2, 0.25) is 0 Å².